The summed E-state index contributed by atoms with van der Waals surface area (Å²) < 4.78 is 35.7. The van der Waals surface area contributed by atoms with E-state index in [0.717, 1.165) is 5.56 Å². The number of benzene rings is 1. The quantitative estimate of drug-likeness (QED) is 0.876. The summed E-state index contributed by atoms with van der Waals surface area (Å²) in [5, 5.41) is 5.39. The predicted octanol–water partition coefficient (Wildman–Crippen LogP) is 3.11. The number of anilines is 1. The first-order chi connectivity index (χ1) is 8.40. The van der Waals surface area contributed by atoms with Crippen molar-refractivity contribution >= 4 is 24.0 Å². The van der Waals surface area contributed by atoms with Gasteiger partial charge in [-0.1, -0.05) is 12.1 Å². The second-order valence-corrected chi connectivity index (χ2v) is 3.89. The molecule has 0 aliphatic carbocycles. The Morgan fingerprint density at radius 1 is 1.21 bits per heavy atom. The molecule has 2 N–H and O–H groups in total. The Kier molecular flexibility index (Phi) is 7.48. The van der Waals surface area contributed by atoms with Crippen LogP contribution in [0.25, 0.3) is 0 Å². The van der Waals surface area contributed by atoms with Gasteiger partial charge in [0.1, 0.15) is 0 Å². The summed E-state index contributed by atoms with van der Waals surface area (Å²) >= 11 is 0. The molecule has 0 aromatic heterocycles. The minimum atomic E-state index is -4.30. The van der Waals surface area contributed by atoms with Crippen LogP contribution < -0.4 is 10.6 Å². The highest BCUT2D eigenvalue weighted by molar-refractivity contribution is 5.90. The van der Waals surface area contributed by atoms with Crippen molar-refractivity contribution in [1.29, 1.82) is 0 Å². The summed E-state index contributed by atoms with van der Waals surface area (Å²) in [6.45, 7) is 0.697. The highest BCUT2D eigenvalue weighted by Crippen LogP contribution is 2.21. The van der Waals surface area contributed by atoms with E-state index in [4.69, 9.17) is 0 Å². The molecule has 0 fully saturated rings. The lowest BCUT2D eigenvalue weighted by Crippen LogP contribution is -2.16. The molecule has 0 aliphatic rings. The smallest absolute Gasteiger partial charge is 0.326 e. The van der Waals surface area contributed by atoms with Crippen molar-refractivity contribution in [2.45, 2.75) is 25.6 Å². The third-order valence-corrected chi connectivity index (χ3v) is 2.25. The SMILES string of the molecule is CNCc1ccc(NC(=O)CCC(F)(F)F)cc1.Cl. The van der Waals surface area contributed by atoms with E-state index in [9.17, 15) is 18.0 Å². The molecular weight excluding hydrogens is 281 g/mol. The zero-order chi connectivity index (χ0) is 13.6. The minimum absolute atomic E-state index is 0. The summed E-state index contributed by atoms with van der Waals surface area (Å²) in [6, 6.07) is 6.93. The van der Waals surface area contributed by atoms with Crippen molar-refractivity contribution in [2.75, 3.05) is 12.4 Å². The van der Waals surface area contributed by atoms with E-state index in [1.54, 1.807) is 24.3 Å². The molecule has 1 amide bonds. The zero-order valence-corrected chi connectivity index (χ0v) is 11.2. The third-order valence-electron chi connectivity index (χ3n) is 2.25. The molecule has 1 rings (SSSR count). The fraction of sp³-hybridized carbons (Fsp3) is 0.417. The second kappa shape index (κ2) is 8.01. The van der Waals surface area contributed by atoms with Gasteiger partial charge in [0.25, 0.3) is 0 Å². The van der Waals surface area contributed by atoms with Crippen LogP contribution in [-0.2, 0) is 11.3 Å². The molecule has 1 aromatic carbocycles. The molecule has 0 saturated heterocycles. The molecule has 0 saturated carbocycles. The number of rotatable bonds is 5. The van der Waals surface area contributed by atoms with Crippen molar-refractivity contribution in [2.24, 2.45) is 0 Å². The molecule has 0 bridgehead atoms. The van der Waals surface area contributed by atoms with Crippen LogP contribution in [0.1, 0.15) is 18.4 Å². The molecular formula is C12H16ClF3N2O. The normalized spacial score (nSPS) is 10.7. The van der Waals surface area contributed by atoms with Gasteiger partial charge in [-0.15, -0.1) is 12.4 Å². The lowest BCUT2D eigenvalue weighted by atomic mass is 10.2. The molecule has 108 valence electrons. The van der Waals surface area contributed by atoms with Crippen LogP contribution in [0.4, 0.5) is 18.9 Å². The topological polar surface area (TPSA) is 41.1 Å². The summed E-state index contributed by atoms with van der Waals surface area (Å²) in [5.41, 5.74) is 1.54. The number of halogens is 4. The van der Waals surface area contributed by atoms with Gasteiger partial charge in [-0.25, -0.2) is 0 Å². The summed E-state index contributed by atoms with van der Waals surface area (Å²) in [4.78, 5) is 11.2. The van der Waals surface area contributed by atoms with Gasteiger partial charge in [0.15, 0.2) is 0 Å². The van der Waals surface area contributed by atoms with E-state index < -0.39 is 24.9 Å². The van der Waals surface area contributed by atoms with Gasteiger partial charge >= 0.3 is 6.18 Å². The minimum Gasteiger partial charge on any atom is -0.326 e. The van der Waals surface area contributed by atoms with Gasteiger partial charge in [-0.3, -0.25) is 4.79 Å². The van der Waals surface area contributed by atoms with Crippen LogP contribution in [0.2, 0.25) is 0 Å². The Labute approximate surface area is 116 Å². The standard InChI is InChI=1S/C12H15F3N2O.ClH/c1-16-8-9-2-4-10(5-3-9)17-11(18)6-7-12(13,14)15;/h2-5,16H,6-8H2,1H3,(H,17,18);1H. The first kappa shape index (κ1) is 17.7. The van der Waals surface area contributed by atoms with Crippen molar-refractivity contribution in [1.82, 2.24) is 5.32 Å². The van der Waals surface area contributed by atoms with Crippen molar-refractivity contribution in [3.05, 3.63) is 29.8 Å². The summed E-state index contributed by atoms with van der Waals surface area (Å²) in [6.07, 6.45) is -5.95. The maximum Gasteiger partial charge on any atom is 0.389 e. The van der Waals surface area contributed by atoms with Crippen molar-refractivity contribution in [3.63, 3.8) is 0 Å². The van der Waals surface area contributed by atoms with E-state index in [2.05, 4.69) is 10.6 Å². The number of carbonyl (C=O) groups excluding carboxylic acids is 1. The molecule has 1 aromatic rings. The molecule has 0 heterocycles. The molecule has 0 spiro atoms. The Morgan fingerprint density at radius 2 is 1.79 bits per heavy atom. The molecule has 0 atom stereocenters. The number of nitrogens with one attached hydrogen (secondary N) is 2. The average Bonchev–Trinajstić information content (AvgIpc) is 2.29. The van der Waals surface area contributed by atoms with Gasteiger partial charge in [-0.05, 0) is 24.7 Å². The monoisotopic (exact) mass is 296 g/mol. The van der Waals surface area contributed by atoms with E-state index in [-0.39, 0.29) is 12.4 Å². The largest absolute Gasteiger partial charge is 0.389 e. The molecule has 0 unspecified atom stereocenters. The van der Waals surface area contributed by atoms with Crippen LogP contribution in [0, 0.1) is 0 Å². The first-order valence-electron chi connectivity index (χ1n) is 5.51. The van der Waals surface area contributed by atoms with E-state index in [1.165, 1.54) is 0 Å². The Balaban J connectivity index is 0.00000324. The van der Waals surface area contributed by atoms with Gasteiger partial charge < -0.3 is 10.6 Å². The number of hydrogen-bond acceptors (Lipinski definition) is 2. The second-order valence-electron chi connectivity index (χ2n) is 3.89. The van der Waals surface area contributed by atoms with E-state index >= 15 is 0 Å². The molecule has 7 heteroatoms. The van der Waals surface area contributed by atoms with Crippen LogP contribution in [-0.4, -0.2) is 19.1 Å². The number of hydrogen-bond donors (Lipinski definition) is 2. The van der Waals surface area contributed by atoms with Gasteiger partial charge in [0.2, 0.25) is 5.91 Å². The number of carbonyl (C=O) groups is 1. The third kappa shape index (κ3) is 7.69. The van der Waals surface area contributed by atoms with Crippen LogP contribution in [0.5, 0.6) is 0 Å². The van der Waals surface area contributed by atoms with E-state index in [1.807, 2.05) is 7.05 Å². The molecule has 19 heavy (non-hydrogen) atoms. The zero-order valence-electron chi connectivity index (χ0n) is 10.4. The van der Waals surface area contributed by atoms with Crippen molar-refractivity contribution in [3.8, 4) is 0 Å². The number of alkyl halides is 3. The van der Waals surface area contributed by atoms with Crippen molar-refractivity contribution < 1.29 is 18.0 Å². The molecule has 3 nitrogen and oxygen atoms in total. The molecule has 0 radical (unpaired) electrons. The Morgan fingerprint density at radius 3 is 2.26 bits per heavy atom. The summed E-state index contributed by atoms with van der Waals surface area (Å²) in [7, 11) is 1.81. The maximum absolute atomic E-state index is 11.9. The highest BCUT2D eigenvalue weighted by Gasteiger charge is 2.27. The average molecular weight is 297 g/mol. The van der Waals surface area contributed by atoms with Gasteiger partial charge in [-0.2, -0.15) is 13.2 Å². The maximum atomic E-state index is 11.9. The van der Waals surface area contributed by atoms with Crippen LogP contribution in [0.15, 0.2) is 24.3 Å². The fourth-order valence-corrected chi connectivity index (χ4v) is 1.39. The predicted molar refractivity (Wildman–Crippen MR) is 70.4 cm³/mol. The fourth-order valence-electron chi connectivity index (χ4n) is 1.39. The van der Waals surface area contributed by atoms with Crippen LogP contribution >= 0.6 is 12.4 Å². The van der Waals surface area contributed by atoms with Gasteiger partial charge in [0, 0.05) is 18.7 Å². The Hall–Kier alpha value is -1.27. The lowest BCUT2D eigenvalue weighted by molar-refractivity contribution is -0.142. The summed E-state index contributed by atoms with van der Waals surface area (Å²) in [5.74, 6) is -0.631. The molecule has 0 aliphatic heterocycles. The first-order valence-corrected chi connectivity index (χ1v) is 5.51. The Bertz CT molecular complexity index is 393. The van der Waals surface area contributed by atoms with Crippen LogP contribution in [0.3, 0.4) is 0 Å². The van der Waals surface area contributed by atoms with E-state index in [0.29, 0.717) is 12.2 Å². The number of amides is 1. The highest BCUT2D eigenvalue weighted by atomic mass is 35.5. The van der Waals surface area contributed by atoms with Gasteiger partial charge in [0.05, 0.1) is 6.42 Å². The lowest BCUT2D eigenvalue weighted by Gasteiger charge is -2.08.